The summed E-state index contributed by atoms with van der Waals surface area (Å²) < 4.78 is 5.19. The van der Waals surface area contributed by atoms with Crippen molar-refractivity contribution in [1.29, 1.82) is 0 Å². The molecule has 21 heavy (non-hydrogen) atoms. The maximum atomic E-state index is 5.19. The Morgan fingerprint density at radius 3 is 2.76 bits per heavy atom. The van der Waals surface area contributed by atoms with Gasteiger partial charge in [0.15, 0.2) is 11.8 Å². The first-order chi connectivity index (χ1) is 9.67. The standard InChI is InChI=1S/C14H25N5O.HI/c1-5-9-16-14(15-6-2)17-10-7-8-12-18-13(11(3)4)19-20-12;/h5,11H,1,6-10H2,2-4H3,(H2,15,16,17);1H. The monoisotopic (exact) mass is 407 g/mol. The molecule has 0 spiro atoms. The first-order valence-electron chi connectivity index (χ1n) is 7.12. The fourth-order valence-corrected chi connectivity index (χ4v) is 1.54. The van der Waals surface area contributed by atoms with Gasteiger partial charge in [-0.1, -0.05) is 25.1 Å². The first-order valence-corrected chi connectivity index (χ1v) is 7.12. The van der Waals surface area contributed by atoms with Crippen LogP contribution in [0.4, 0.5) is 0 Å². The Balaban J connectivity index is 0.00000400. The molecule has 0 aliphatic heterocycles. The number of hydrogen-bond donors (Lipinski definition) is 2. The molecule has 0 bridgehead atoms. The Bertz CT molecular complexity index is 431. The Kier molecular flexibility index (Phi) is 10.9. The second-order valence-corrected chi connectivity index (χ2v) is 4.73. The van der Waals surface area contributed by atoms with Crippen LogP contribution in [0.25, 0.3) is 0 Å². The summed E-state index contributed by atoms with van der Waals surface area (Å²) in [5, 5.41) is 10.3. The molecular weight excluding hydrogens is 381 g/mol. The van der Waals surface area contributed by atoms with Gasteiger partial charge in [-0.2, -0.15) is 4.98 Å². The molecule has 0 atom stereocenters. The van der Waals surface area contributed by atoms with Gasteiger partial charge in [0.2, 0.25) is 5.89 Å². The molecule has 1 aromatic rings. The third kappa shape index (κ3) is 8.03. The van der Waals surface area contributed by atoms with Gasteiger partial charge in [-0.05, 0) is 13.3 Å². The maximum Gasteiger partial charge on any atom is 0.226 e. The van der Waals surface area contributed by atoms with Gasteiger partial charge in [0.25, 0.3) is 0 Å². The van der Waals surface area contributed by atoms with E-state index < -0.39 is 0 Å². The maximum absolute atomic E-state index is 5.19. The summed E-state index contributed by atoms with van der Waals surface area (Å²) in [7, 11) is 0. The van der Waals surface area contributed by atoms with Crippen LogP contribution in [-0.4, -0.2) is 35.7 Å². The Hall–Kier alpha value is -1.12. The SMILES string of the molecule is C=CCNC(=NCCCc1nc(C(C)C)no1)NCC.I. The molecule has 7 heteroatoms. The molecule has 0 saturated carbocycles. The van der Waals surface area contributed by atoms with Crippen molar-refractivity contribution in [1.82, 2.24) is 20.8 Å². The lowest BCUT2D eigenvalue weighted by atomic mass is 10.2. The minimum absolute atomic E-state index is 0. The normalized spacial score (nSPS) is 11.1. The largest absolute Gasteiger partial charge is 0.357 e. The van der Waals surface area contributed by atoms with E-state index in [0.717, 1.165) is 31.2 Å². The van der Waals surface area contributed by atoms with Crippen LogP contribution in [0.3, 0.4) is 0 Å². The molecule has 0 aliphatic carbocycles. The van der Waals surface area contributed by atoms with Crippen molar-refractivity contribution in [3.63, 3.8) is 0 Å². The Morgan fingerprint density at radius 1 is 1.43 bits per heavy atom. The van der Waals surface area contributed by atoms with Gasteiger partial charge in [0.1, 0.15) is 0 Å². The van der Waals surface area contributed by atoms with Crippen molar-refractivity contribution >= 4 is 29.9 Å². The van der Waals surface area contributed by atoms with Gasteiger partial charge < -0.3 is 15.2 Å². The molecule has 0 radical (unpaired) electrons. The number of aromatic nitrogens is 2. The third-order valence-corrected chi connectivity index (χ3v) is 2.58. The lowest BCUT2D eigenvalue weighted by Crippen LogP contribution is -2.37. The molecule has 2 N–H and O–H groups in total. The van der Waals surface area contributed by atoms with Gasteiger partial charge in [0, 0.05) is 32.0 Å². The van der Waals surface area contributed by atoms with E-state index >= 15 is 0 Å². The molecule has 0 fully saturated rings. The average molecular weight is 407 g/mol. The van der Waals surface area contributed by atoms with Gasteiger partial charge in [-0.15, -0.1) is 30.6 Å². The van der Waals surface area contributed by atoms with Crippen LogP contribution in [0, 0.1) is 0 Å². The van der Waals surface area contributed by atoms with Gasteiger partial charge in [-0.3, -0.25) is 4.99 Å². The van der Waals surface area contributed by atoms with Crippen molar-refractivity contribution in [2.24, 2.45) is 4.99 Å². The molecule has 1 aromatic heterocycles. The molecule has 0 aliphatic rings. The van der Waals surface area contributed by atoms with E-state index in [0.29, 0.717) is 24.9 Å². The summed E-state index contributed by atoms with van der Waals surface area (Å²) in [6.07, 6.45) is 3.44. The van der Waals surface area contributed by atoms with E-state index in [1.165, 1.54) is 0 Å². The van der Waals surface area contributed by atoms with Crippen molar-refractivity contribution in [2.45, 2.75) is 39.5 Å². The quantitative estimate of drug-likeness (QED) is 0.228. The minimum Gasteiger partial charge on any atom is -0.357 e. The molecule has 0 amide bonds. The minimum atomic E-state index is 0. The lowest BCUT2D eigenvalue weighted by Gasteiger charge is -2.08. The van der Waals surface area contributed by atoms with Crippen molar-refractivity contribution < 1.29 is 4.52 Å². The summed E-state index contributed by atoms with van der Waals surface area (Å²) in [5.74, 6) is 2.56. The molecule has 1 rings (SSSR count). The van der Waals surface area contributed by atoms with Crippen molar-refractivity contribution in [2.75, 3.05) is 19.6 Å². The predicted molar refractivity (Wildman–Crippen MR) is 96.3 cm³/mol. The van der Waals surface area contributed by atoms with Gasteiger partial charge in [-0.25, -0.2) is 0 Å². The van der Waals surface area contributed by atoms with Crippen molar-refractivity contribution in [3.8, 4) is 0 Å². The molecule has 0 aromatic carbocycles. The molecule has 0 saturated heterocycles. The highest BCUT2D eigenvalue weighted by Crippen LogP contribution is 2.10. The number of hydrogen-bond acceptors (Lipinski definition) is 4. The van der Waals surface area contributed by atoms with E-state index in [2.05, 4.69) is 32.3 Å². The van der Waals surface area contributed by atoms with Crippen LogP contribution in [0.1, 0.15) is 44.8 Å². The molecule has 6 nitrogen and oxygen atoms in total. The highest BCUT2D eigenvalue weighted by molar-refractivity contribution is 14.0. The third-order valence-electron chi connectivity index (χ3n) is 2.58. The summed E-state index contributed by atoms with van der Waals surface area (Å²) in [6.45, 7) is 12.1. The number of nitrogens with one attached hydrogen (secondary N) is 2. The number of aryl methyl sites for hydroxylation is 1. The fourth-order valence-electron chi connectivity index (χ4n) is 1.54. The Labute approximate surface area is 143 Å². The Morgan fingerprint density at radius 2 is 2.19 bits per heavy atom. The second-order valence-electron chi connectivity index (χ2n) is 4.73. The van der Waals surface area contributed by atoms with Crippen LogP contribution in [0.2, 0.25) is 0 Å². The second kappa shape index (κ2) is 11.5. The van der Waals surface area contributed by atoms with E-state index in [4.69, 9.17) is 4.52 Å². The number of aliphatic imine (C=N–C) groups is 1. The first kappa shape index (κ1) is 19.9. The highest BCUT2D eigenvalue weighted by Gasteiger charge is 2.08. The molecule has 120 valence electrons. The van der Waals surface area contributed by atoms with Crippen LogP contribution >= 0.6 is 24.0 Å². The van der Waals surface area contributed by atoms with E-state index in [1.807, 2.05) is 20.8 Å². The highest BCUT2D eigenvalue weighted by atomic mass is 127. The summed E-state index contributed by atoms with van der Waals surface area (Å²) in [6, 6.07) is 0. The average Bonchev–Trinajstić information content (AvgIpc) is 2.89. The predicted octanol–water partition coefficient (Wildman–Crippen LogP) is 2.48. The van der Waals surface area contributed by atoms with Gasteiger partial charge >= 0.3 is 0 Å². The molecule has 1 heterocycles. The van der Waals surface area contributed by atoms with Crippen molar-refractivity contribution in [3.05, 3.63) is 24.4 Å². The van der Waals surface area contributed by atoms with Crippen LogP contribution in [0.5, 0.6) is 0 Å². The van der Waals surface area contributed by atoms with Crippen LogP contribution in [0.15, 0.2) is 22.2 Å². The summed E-state index contributed by atoms with van der Waals surface area (Å²) in [5.41, 5.74) is 0. The number of rotatable bonds is 8. The summed E-state index contributed by atoms with van der Waals surface area (Å²) in [4.78, 5) is 8.81. The molecular formula is C14H26IN5O. The number of nitrogens with zero attached hydrogens (tertiary/aromatic N) is 3. The molecule has 0 unspecified atom stereocenters. The van der Waals surface area contributed by atoms with E-state index in [9.17, 15) is 0 Å². The zero-order chi connectivity index (χ0) is 14.8. The van der Waals surface area contributed by atoms with E-state index in [1.54, 1.807) is 6.08 Å². The fraction of sp³-hybridized carbons (Fsp3) is 0.643. The van der Waals surface area contributed by atoms with E-state index in [-0.39, 0.29) is 24.0 Å². The zero-order valence-electron chi connectivity index (χ0n) is 13.1. The summed E-state index contributed by atoms with van der Waals surface area (Å²) >= 11 is 0. The topological polar surface area (TPSA) is 75.3 Å². The van der Waals surface area contributed by atoms with Crippen LogP contribution < -0.4 is 10.6 Å². The smallest absolute Gasteiger partial charge is 0.226 e. The van der Waals surface area contributed by atoms with Gasteiger partial charge in [0.05, 0.1) is 0 Å². The lowest BCUT2D eigenvalue weighted by molar-refractivity contribution is 0.369. The number of halogens is 1. The van der Waals surface area contributed by atoms with Crippen LogP contribution in [-0.2, 0) is 6.42 Å². The zero-order valence-corrected chi connectivity index (χ0v) is 15.4. The number of guanidine groups is 1.